The van der Waals surface area contributed by atoms with Crippen LogP contribution in [0.3, 0.4) is 0 Å². The zero-order valence-electron chi connectivity index (χ0n) is 27.4. The number of methoxy groups -OCH3 is 1. The fourth-order valence-electron chi connectivity index (χ4n) is 4.92. The molecule has 4 heterocycles. The first kappa shape index (κ1) is 33.6. The predicted molar refractivity (Wildman–Crippen MR) is 184 cm³/mol. The number of imidazole rings is 1. The number of amides is 2. The van der Waals surface area contributed by atoms with Crippen molar-refractivity contribution in [3.05, 3.63) is 102 Å². The predicted octanol–water partition coefficient (Wildman–Crippen LogP) is 4.83. The van der Waals surface area contributed by atoms with Crippen molar-refractivity contribution in [1.82, 2.24) is 41.0 Å². The molecule has 6 rings (SSSR count). The summed E-state index contributed by atoms with van der Waals surface area (Å²) in [6.45, 7) is 4.54. The summed E-state index contributed by atoms with van der Waals surface area (Å²) in [7, 11) is 3.27. The van der Waals surface area contributed by atoms with E-state index in [4.69, 9.17) is 16.2 Å². The molecule has 0 spiro atoms. The van der Waals surface area contributed by atoms with Gasteiger partial charge in [0.05, 0.1) is 25.1 Å². The summed E-state index contributed by atoms with van der Waals surface area (Å²) in [4.78, 5) is 48.3. The third kappa shape index (κ3) is 8.12. The van der Waals surface area contributed by atoms with Crippen LogP contribution >= 0.6 is 0 Å². The Morgan fingerprint density at radius 1 is 1.12 bits per heavy atom. The van der Waals surface area contributed by atoms with Crippen LogP contribution in [0.25, 0.3) is 11.1 Å². The molecule has 2 amide bonds. The lowest BCUT2D eigenvalue weighted by atomic mass is 10.0. The highest BCUT2D eigenvalue weighted by molar-refractivity contribution is 6.03. The van der Waals surface area contributed by atoms with E-state index in [1.165, 1.54) is 6.42 Å². The summed E-state index contributed by atoms with van der Waals surface area (Å²) in [5.74, 6) is 4.02. The molecule has 4 N–H and O–H groups in total. The number of H-pyrrole nitrogens is 1. The molecular weight excluding hydrogens is 606 g/mol. The molecule has 2 aliphatic rings. The number of ether oxygens (including phenoxy) is 1. The van der Waals surface area contributed by atoms with E-state index in [-0.39, 0.29) is 30.0 Å². The second kappa shape index (κ2) is 15.7. The number of para-hydroxylation sites is 1. The van der Waals surface area contributed by atoms with E-state index >= 15 is 0 Å². The van der Waals surface area contributed by atoms with Crippen LogP contribution in [-0.2, 0) is 11.3 Å². The third-order valence-corrected chi connectivity index (χ3v) is 7.41. The van der Waals surface area contributed by atoms with Gasteiger partial charge in [-0.05, 0) is 37.1 Å². The van der Waals surface area contributed by atoms with Crippen LogP contribution < -0.4 is 20.9 Å². The highest BCUT2D eigenvalue weighted by Gasteiger charge is 2.32. The first-order chi connectivity index (χ1) is 23.3. The minimum Gasteiger partial charge on any atom is -0.494 e. The molecule has 3 aromatic heterocycles. The molecule has 0 bridgehead atoms. The van der Waals surface area contributed by atoms with Crippen LogP contribution in [0.15, 0.2) is 84.1 Å². The van der Waals surface area contributed by atoms with Crippen LogP contribution in [0.2, 0.25) is 0 Å². The number of terminal acetylenes is 1. The van der Waals surface area contributed by atoms with Crippen molar-refractivity contribution in [1.29, 1.82) is 0 Å². The molecule has 0 radical (unpaired) electrons. The Hall–Kier alpha value is -5.80. The Bertz CT molecular complexity index is 1840. The number of aromatic amines is 1. The van der Waals surface area contributed by atoms with Gasteiger partial charge in [0.1, 0.15) is 29.1 Å². The maximum Gasteiger partial charge on any atom is 0.272 e. The lowest BCUT2D eigenvalue weighted by molar-refractivity contribution is -0.121. The minimum absolute atomic E-state index is 0.0266. The number of pyridine rings is 2. The molecule has 1 saturated carbocycles. The molecule has 4 aromatic rings. The second-order valence-corrected chi connectivity index (χ2v) is 11.4. The average molecular weight is 646 g/mol. The fraction of sp³-hybridized carbons (Fsp3) is 0.278. The Kier molecular flexibility index (Phi) is 11.0. The molecule has 1 aliphatic heterocycles. The van der Waals surface area contributed by atoms with Gasteiger partial charge in [-0.15, -0.1) is 6.42 Å². The van der Waals surface area contributed by atoms with Crippen molar-refractivity contribution in [2.75, 3.05) is 14.2 Å². The molecular formula is C36H39N9O3. The number of aliphatic imine (C=N–C) groups is 1. The van der Waals surface area contributed by atoms with E-state index < -0.39 is 6.04 Å². The number of aromatic nitrogens is 4. The molecule has 246 valence electrons. The van der Waals surface area contributed by atoms with Gasteiger partial charge in [-0.1, -0.05) is 44.4 Å². The third-order valence-electron chi connectivity index (χ3n) is 7.41. The second-order valence-electron chi connectivity index (χ2n) is 11.4. The normalized spacial score (nSPS) is 16.0. The van der Waals surface area contributed by atoms with Crippen molar-refractivity contribution in [2.45, 2.75) is 45.7 Å². The summed E-state index contributed by atoms with van der Waals surface area (Å²) in [6, 6.07) is 12.2. The number of hydrogen-bond donors (Lipinski definition) is 4. The van der Waals surface area contributed by atoms with E-state index in [2.05, 4.69) is 55.9 Å². The van der Waals surface area contributed by atoms with Crippen LogP contribution in [0, 0.1) is 18.3 Å². The van der Waals surface area contributed by atoms with Gasteiger partial charge in [0.2, 0.25) is 5.91 Å². The van der Waals surface area contributed by atoms with Crippen molar-refractivity contribution >= 4 is 23.2 Å². The summed E-state index contributed by atoms with van der Waals surface area (Å²) >= 11 is 0. The number of nitrogens with zero attached hydrogens (tertiary/aromatic N) is 5. The van der Waals surface area contributed by atoms with Crippen molar-refractivity contribution < 1.29 is 14.3 Å². The average Bonchev–Trinajstić information content (AvgIpc) is 3.83. The van der Waals surface area contributed by atoms with E-state index in [1.807, 2.05) is 24.3 Å². The van der Waals surface area contributed by atoms with E-state index in [0.717, 1.165) is 24.0 Å². The molecule has 48 heavy (non-hydrogen) atoms. The van der Waals surface area contributed by atoms with Crippen molar-refractivity contribution in [3.8, 4) is 29.2 Å². The minimum atomic E-state index is -0.428. The number of carbonyl (C=O) groups is 2. The zero-order chi connectivity index (χ0) is 34.0. The SMILES string of the molecule is C#Cc1ccnc(CN(C)C(=O)c2ccc(-c3cccc(N=C4C=C(NC(=O)C5CC5)NNC4c4ncc[nH]4)c3OC)cn2)c1.CCC. The van der Waals surface area contributed by atoms with Gasteiger partial charge < -0.3 is 25.4 Å². The Balaban J connectivity index is 0.00000145. The topological polar surface area (TPSA) is 150 Å². The number of carbonyl (C=O) groups excluding carboxylic acids is 2. The number of rotatable bonds is 9. The quantitative estimate of drug-likeness (QED) is 0.189. The van der Waals surface area contributed by atoms with Gasteiger partial charge in [0.25, 0.3) is 5.91 Å². The van der Waals surface area contributed by atoms with Gasteiger partial charge >= 0.3 is 0 Å². The Morgan fingerprint density at radius 3 is 2.60 bits per heavy atom. The van der Waals surface area contributed by atoms with Gasteiger partial charge in [-0.3, -0.25) is 19.6 Å². The highest BCUT2D eigenvalue weighted by Crippen LogP contribution is 2.39. The number of nitrogens with one attached hydrogen (secondary N) is 4. The fourth-order valence-corrected chi connectivity index (χ4v) is 4.92. The van der Waals surface area contributed by atoms with E-state index in [0.29, 0.717) is 40.1 Å². The monoisotopic (exact) mass is 645 g/mol. The summed E-state index contributed by atoms with van der Waals surface area (Å²) in [6.07, 6.45) is 17.0. The zero-order valence-corrected chi connectivity index (χ0v) is 27.4. The van der Waals surface area contributed by atoms with Gasteiger partial charge in [0, 0.05) is 60.5 Å². The molecule has 12 heteroatoms. The Labute approximate surface area is 280 Å². The van der Waals surface area contributed by atoms with Crippen LogP contribution in [0.1, 0.15) is 66.7 Å². The van der Waals surface area contributed by atoms with Crippen LogP contribution in [0.5, 0.6) is 5.75 Å². The smallest absolute Gasteiger partial charge is 0.272 e. The lowest BCUT2D eigenvalue weighted by Gasteiger charge is -2.26. The summed E-state index contributed by atoms with van der Waals surface area (Å²) in [5, 5.41) is 2.92. The highest BCUT2D eigenvalue weighted by atomic mass is 16.5. The molecule has 0 saturated heterocycles. The van der Waals surface area contributed by atoms with Crippen LogP contribution in [0.4, 0.5) is 5.69 Å². The molecule has 1 unspecified atom stereocenters. The van der Waals surface area contributed by atoms with E-state index in [1.54, 1.807) is 68.1 Å². The summed E-state index contributed by atoms with van der Waals surface area (Å²) < 4.78 is 5.85. The van der Waals surface area contributed by atoms with E-state index in [9.17, 15) is 9.59 Å². The molecule has 1 atom stereocenters. The maximum absolute atomic E-state index is 13.1. The standard InChI is InChI=1S/C33H31N9O3.C3H8/c1-4-20-12-13-34-23(16-20)19-42(2)33(44)26-11-10-22(18-37-26)24-6-5-7-25(30(24)45-3)38-27-17-28(39-32(43)21-8-9-21)40-41-29(27)31-35-14-15-36-31;1-3-2/h1,5-7,10-18,21,29,40-41H,8-9,19H2,2-3H3,(H,35,36)(H,39,43);3H2,1-2H3. The van der Waals surface area contributed by atoms with Crippen LogP contribution in [-0.4, -0.2) is 56.5 Å². The maximum atomic E-state index is 13.1. The largest absolute Gasteiger partial charge is 0.494 e. The first-order valence-electron chi connectivity index (χ1n) is 15.8. The first-order valence-corrected chi connectivity index (χ1v) is 15.8. The Morgan fingerprint density at radius 2 is 1.94 bits per heavy atom. The number of hydrogen-bond acceptors (Lipinski definition) is 9. The van der Waals surface area contributed by atoms with Crippen molar-refractivity contribution in [3.63, 3.8) is 0 Å². The number of benzene rings is 1. The molecule has 12 nitrogen and oxygen atoms in total. The summed E-state index contributed by atoms with van der Waals surface area (Å²) in [5.41, 5.74) is 10.6. The molecule has 1 aliphatic carbocycles. The molecule has 1 fully saturated rings. The van der Waals surface area contributed by atoms with Gasteiger partial charge in [-0.2, -0.15) is 0 Å². The van der Waals surface area contributed by atoms with Gasteiger partial charge in [0.15, 0.2) is 5.75 Å². The van der Waals surface area contributed by atoms with Crippen molar-refractivity contribution in [2.24, 2.45) is 10.9 Å². The number of hydrazine groups is 1. The lowest BCUT2D eigenvalue weighted by Crippen LogP contribution is -2.48. The molecule has 1 aromatic carbocycles. The van der Waals surface area contributed by atoms with Gasteiger partial charge in [-0.25, -0.2) is 15.4 Å².